The van der Waals surface area contributed by atoms with Crippen molar-refractivity contribution in [3.8, 4) is 17.1 Å². The smallest absolute Gasteiger partial charge is 0.262 e. The zero-order valence-corrected chi connectivity index (χ0v) is 19.5. The summed E-state index contributed by atoms with van der Waals surface area (Å²) in [6.07, 6.45) is 0. The third-order valence-electron chi connectivity index (χ3n) is 4.82. The maximum Gasteiger partial charge on any atom is 0.262 e. The largest absolute Gasteiger partial charge is 0.484 e. The van der Waals surface area contributed by atoms with Crippen LogP contribution in [0.5, 0.6) is 5.75 Å². The van der Waals surface area contributed by atoms with Gasteiger partial charge in [-0.1, -0.05) is 30.3 Å². The second-order valence-corrected chi connectivity index (χ2v) is 9.28. The fraction of sp³-hybridized carbons (Fsp3) is 0.0800. The maximum atomic E-state index is 12.5. The topological polar surface area (TPSA) is 130 Å². The number of benzene rings is 3. The van der Waals surface area contributed by atoms with Gasteiger partial charge in [-0.2, -0.15) is 0 Å². The molecule has 3 aromatic carbocycles. The Balaban J connectivity index is 1.35. The summed E-state index contributed by atoms with van der Waals surface area (Å²) < 4.78 is 33.0. The van der Waals surface area contributed by atoms with E-state index in [-0.39, 0.29) is 17.1 Å². The molecule has 1 heterocycles. The highest BCUT2D eigenvalue weighted by atomic mass is 32.2. The molecular weight excluding hydrogens is 468 g/mol. The molecule has 35 heavy (non-hydrogen) atoms. The summed E-state index contributed by atoms with van der Waals surface area (Å²) >= 11 is 0. The molecule has 1 amide bonds. The van der Waals surface area contributed by atoms with Crippen molar-refractivity contribution in [1.29, 1.82) is 0 Å². The SMILES string of the molecule is Cc1cc(=O)[nH]c(-c2cccc(NC(=O)COc3ccc(S(=O)(=O)Nc4ccccc4)cc3)c2)n1. The highest BCUT2D eigenvalue weighted by Crippen LogP contribution is 2.20. The van der Waals surface area contributed by atoms with Crippen LogP contribution < -0.4 is 20.3 Å². The van der Waals surface area contributed by atoms with Crippen molar-refractivity contribution in [1.82, 2.24) is 9.97 Å². The molecule has 4 aromatic rings. The number of ether oxygens (including phenoxy) is 1. The van der Waals surface area contributed by atoms with Crippen LogP contribution >= 0.6 is 0 Å². The maximum absolute atomic E-state index is 12.5. The Bertz CT molecular complexity index is 1500. The number of hydrogen-bond acceptors (Lipinski definition) is 6. The predicted octanol–water partition coefficient (Wildman–Crippen LogP) is 3.56. The van der Waals surface area contributed by atoms with Crippen molar-refractivity contribution < 1.29 is 17.9 Å². The lowest BCUT2D eigenvalue weighted by molar-refractivity contribution is -0.118. The number of aromatic nitrogens is 2. The van der Waals surface area contributed by atoms with Gasteiger partial charge in [-0.25, -0.2) is 13.4 Å². The molecule has 0 aliphatic carbocycles. The minimum atomic E-state index is -3.75. The first kappa shape index (κ1) is 23.7. The summed E-state index contributed by atoms with van der Waals surface area (Å²) in [5, 5.41) is 2.72. The summed E-state index contributed by atoms with van der Waals surface area (Å²) in [5.74, 6) is 0.337. The quantitative estimate of drug-likeness (QED) is 0.346. The average molecular weight is 491 g/mol. The van der Waals surface area contributed by atoms with E-state index in [4.69, 9.17) is 4.74 Å². The Hall–Kier alpha value is -4.44. The highest BCUT2D eigenvalue weighted by molar-refractivity contribution is 7.92. The number of para-hydroxylation sites is 1. The van der Waals surface area contributed by atoms with E-state index in [0.29, 0.717) is 34.2 Å². The van der Waals surface area contributed by atoms with Crippen LogP contribution in [0.2, 0.25) is 0 Å². The van der Waals surface area contributed by atoms with Crippen molar-refractivity contribution in [2.75, 3.05) is 16.6 Å². The zero-order chi connectivity index (χ0) is 24.8. The molecule has 3 N–H and O–H groups in total. The van der Waals surface area contributed by atoms with Crippen molar-refractivity contribution in [2.45, 2.75) is 11.8 Å². The molecular formula is C25H22N4O5S. The zero-order valence-electron chi connectivity index (χ0n) is 18.7. The molecule has 4 rings (SSSR count). The van der Waals surface area contributed by atoms with Crippen LogP contribution in [-0.2, 0) is 14.8 Å². The van der Waals surface area contributed by atoms with Crippen LogP contribution in [0.1, 0.15) is 5.69 Å². The van der Waals surface area contributed by atoms with E-state index in [1.54, 1.807) is 61.5 Å². The normalized spacial score (nSPS) is 11.0. The predicted molar refractivity (Wildman–Crippen MR) is 133 cm³/mol. The van der Waals surface area contributed by atoms with Gasteiger partial charge in [0.05, 0.1) is 4.90 Å². The van der Waals surface area contributed by atoms with Gasteiger partial charge in [0, 0.05) is 28.7 Å². The lowest BCUT2D eigenvalue weighted by atomic mass is 10.2. The fourth-order valence-corrected chi connectivity index (χ4v) is 4.30. The third-order valence-corrected chi connectivity index (χ3v) is 6.22. The number of carbonyl (C=O) groups excluding carboxylic acids is 1. The van der Waals surface area contributed by atoms with E-state index < -0.39 is 15.9 Å². The molecule has 9 nitrogen and oxygen atoms in total. The summed E-state index contributed by atoms with van der Waals surface area (Å²) in [6, 6.07) is 22.6. The molecule has 0 aliphatic rings. The van der Waals surface area contributed by atoms with Gasteiger partial charge in [0.2, 0.25) is 0 Å². The number of nitrogens with one attached hydrogen (secondary N) is 3. The molecule has 0 aliphatic heterocycles. The molecule has 1 aromatic heterocycles. The number of aryl methyl sites for hydroxylation is 1. The van der Waals surface area contributed by atoms with E-state index in [0.717, 1.165) is 0 Å². The molecule has 0 fully saturated rings. The number of amides is 1. The first-order chi connectivity index (χ1) is 16.8. The van der Waals surface area contributed by atoms with Crippen molar-refractivity contribution >= 4 is 27.3 Å². The Labute approximate surface area is 201 Å². The van der Waals surface area contributed by atoms with Gasteiger partial charge >= 0.3 is 0 Å². The Kier molecular flexibility index (Phi) is 6.93. The van der Waals surface area contributed by atoms with Gasteiger partial charge in [-0.3, -0.25) is 14.3 Å². The first-order valence-corrected chi connectivity index (χ1v) is 12.1. The van der Waals surface area contributed by atoms with Crippen molar-refractivity contribution in [2.24, 2.45) is 0 Å². The van der Waals surface area contributed by atoms with Crippen LogP contribution in [-0.4, -0.2) is 30.9 Å². The lowest BCUT2D eigenvalue weighted by Crippen LogP contribution is -2.20. The molecule has 10 heteroatoms. The molecule has 0 spiro atoms. The molecule has 178 valence electrons. The van der Waals surface area contributed by atoms with Gasteiger partial charge in [0.25, 0.3) is 21.5 Å². The summed E-state index contributed by atoms with van der Waals surface area (Å²) in [7, 11) is -3.75. The van der Waals surface area contributed by atoms with E-state index in [2.05, 4.69) is 20.0 Å². The van der Waals surface area contributed by atoms with E-state index in [9.17, 15) is 18.0 Å². The van der Waals surface area contributed by atoms with Gasteiger partial charge in [0.1, 0.15) is 11.6 Å². The number of H-pyrrole nitrogens is 1. The van der Waals surface area contributed by atoms with Crippen LogP contribution in [0.3, 0.4) is 0 Å². The van der Waals surface area contributed by atoms with Gasteiger partial charge in [-0.05, 0) is 55.5 Å². The van der Waals surface area contributed by atoms with Crippen LogP contribution in [0, 0.1) is 6.92 Å². The second kappa shape index (κ2) is 10.2. The van der Waals surface area contributed by atoms with E-state index in [1.165, 1.54) is 30.3 Å². The average Bonchev–Trinajstić information content (AvgIpc) is 2.83. The number of aromatic amines is 1. The molecule has 0 saturated heterocycles. The number of anilines is 2. The lowest BCUT2D eigenvalue weighted by Gasteiger charge is -2.10. The number of carbonyl (C=O) groups is 1. The minimum Gasteiger partial charge on any atom is -0.484 e. The van der Waals surface area contributed by atoms with Crippen LogP contribution in [0.15, 0.2) is 94.6 Å². The van der Waals surface area contributed by atoms with Gasteiger partial charge in [-0.15, -0.1) is 0 Å². The first-order valence-electron chi connectivity index (χ1n) is 10.6. The van der Waals surface area contributed by atoms with Crippen LogP contribution in [0.25, 0.3) is 11.4 Å². The minimum absolute atomic E-state index is 0.0674. The summed E-state index contributed by atoms with van der Waals surface area (Å²) in [4.78, 5) is 31.1. The summed E-state index contributed by atoms with van der Waals surface area (Å²) in [6.45, 7) is 1.45. The molecule has 0 saturated carbocycles. The number of hydrogen-bond donors (Lipinski definition) is 3. The Morgan fingerprint density at radius 2 is 1.66 bits per heavy atom. The Morgan fingerprint density at radius 1 is 0.943 bits per heavy atom. The number of rotatable bonds is 8. The standard InChI is InChI=1S/C25H22N4O5S/c1-17-14-23(30)28-25(26-17)18-6-5-9-20(15-18)27-24(31)16-34-21-10-12-22(13-11-21)35(32,33)29-19-7-3-2-4-8-19/h2-15,29H,16H2,1H3,(H,27,31)(H,26,28,30). The molecule has 0 atom stereocenters. The summed E-state index contributed by atoms with van der Waals surface area (Å²) in [5.41, 5.74) is 1.93. The third kappa shape index (κ3) is 6.33. The number of nitrogens with zero attached hydrogens (tertiary/aromatic N) is 1. The van der Waals surface area contributed by atoms with E-state index >= 15 is 0 Å². The van der Waals surface area contributed by atoms with Crippen molar-refractivity contribution in [3.05, 3.63) is 101 Å². The number of sulfonamides is 1. The molecule has 0 unspecified atom stereocenters. The Morgan fingerprint density at radius 3 is 2.37 bits per heavy atom. The van der Waals surface area contributed by atoms with Gasteiger partial charge < -0.3 is 15.0 Å². The highest BCUT2D eigenvalue weighted by Gasteiger charge is 2.14. The second-order valence-electron chi connectivity index (χ2n) is 7.60. The van der Waals surface area contributed by atoms with Crippen molar-refractivity contribution in [3.63, 3.8) is 0 Å². The molecule has 0 radical (unpaired) electrons. The fourth-order valence-electron chi connectivity index (χ4n) is 3.24. The van der Waals surface area contributed by atoms with Crippen LogP contribution in [0.4, 0.5) is 11.4 Å². The molecule has 0 bridgehead atoms. The van der Waals surface area contributed by atoms with Gasteiger partial charge in [0.15, 0.2) is 6.61 Å². The van der Waals surface area contributed by atoms with E-state index in [1.807, 2.05) is 0 Å². The monoisotopic (exact) mass is 490 g/mol.